The van der Waals surface area contributed by atoms with Crippen molar-refractivity contribution in [2.24, 2.45) is 7.05 Å². The number of methoxy groups -OCH3 is 1. The van der Waals surface area contributed by atoms with Crippen molar-refractivity contribution in [2.75, 3.05) is 25.6 Å². The second-order valence-electron chi connectivity index (χ2n) is 10.1. The number of aliphatic carboxylic acids is 1. The van der Waals surface area contributed by atoms with Crippen molar-refractivity contribution in [1.29, 1.82) is 0 Å². The minimum absolute atomic E-state index is 0.101. The number of aliphatic hydroxyl groups is 1. The van der Waals surface area contributed by atoms with Crippen molar-refractivity contribution in [1.82, 2.24) is 14.8 Å². The molecule has 0 aliphatic carbocycles. The SMILES string of the molecule is COc1ccc(C(C)(C)O)cc1C(CC(=O)O)Cc1cc(OCCc2ccc3c(n2)NCCC3)n(C)n1. The minimum atomic E-state index is -1.07. The summed E-state index contributed by atoms with van der Waals surface area (Å²) in [5.41, 5.74) is 3.29. The molecule has 1 aliphatic heterocycles. The van der Waals surface area contributed by atoms with Crippen LogP contribution in [0.25, 0.3) is 0 Å². The molecule has 9 heteroatoms. The van der Waals surface area contributed by atoms with Gasteiger partial charge in [0.2, 0.25) is 5.88 Å². The van der Waals surface area contributed by atoms with E-state index in [4.69, 9.17) is 14.5 Å². The highest BCUT2D eigenvalue weighted by Crippen LogP contribution is 2.35. The molecule has 1 unspecified atom stereocenters. The molecule has 37 heavy (non-hydrogen) atoms. The van der Waals surface area contributed by atoms with Gasteiger partial charge < -0.3 is 25.0 Å². The summed E-state index contributed by atoms with van der Waals surface area (Å²) >= 11 is 0. The Kier molecular flexibility index (Phi) is 8.02. The van der Waals surface area contributed by atoms with Crippen LogP contribution in [0, 0.1) is 0 Å². The van der Waals surface area contributed by atoms with Crippen molar-refractivity contribution in [3.8, 4) is 11.6 Å². The zero-order valence-corrected chi connectivity index (χ0v) is 22.0. The number of rotatable bonds is 11. The Morgan fingerprint density at radius 2 is 2.03 bits per heavy atom. The van der Waals surface area contributed by atoms with E-state index in [-0.39, 0.29) is 6.42 Å². The predicted molar refractivity (Wildman–Crippen MR) is 140 cm³/mol. The standard InChI is InChI=1S/C28H36N4O5/c1-28(2,35)20-8-10-24(36-4)23(16-20)19(15-26(33)34)14-22-17-25(32(3)31-22)37-13-11-21-9-7-18-6-5-12-29-27(18)30-21/h7-10,16-17,19,35H,5-6,11-15H2,1-4H3,(H,29,30)(H,33,34). The number of nitrogens with one attached hydrogen (secondary N) is 1. The van der Waals surface area contributed by atoms with Crippen molar-refractivity contribution in [3.05, 3.63) is 64.5 Å². The number of hydrogen-bond acceptors (Lipinski definition) is 7. The minimum Gasteiger partial charge on any atom is -0.496 e. The number of benzene rings is 1. The highest BCUT2D eigenvalue weighted by Gasteiger charge is 2.25. The van der Waals surface area contributed by atoms with Crippen LogP contribution < -0.4 is 14.8 Å². The van der Waals surface area contributed by atoms with Crippen molar-refractivity contribution in [3.63, 3.8) is 0 Å². The largest absolute Gasteiger partial charge is 0.496 e. The van der Waals surface area contributed by atoms with Crippen LogP contribution in [0.1, 0.15) is 60.7 Å². The lowest BCUT2D eigenvalue weighted by Crippen LogP contribution is -2.17. The molecule has 1 aromatic carbocycles. The number of aryl methyl sites for hydroxylation is 2. The van der Waals surface area contributed by atoms with Crippen LogP contribution in [-0.4, -0.2) is 51.2 Å². The number of ether oxygens (including phenoxy) is 2. The Bertz CT molecular complexity index is 1250. The molecule has 0 amide bonds. The molecule has 0 spiro atoms. The van der Waals surface area contributed by atoms with Crippen LogP contribution in [0.3, 0.4) is 0 Å². The summed E-state index contributed by atoms with van der Waals surface area (Å²) < 4.78 is 13.2. The van der Waals surface area contributed by atoms with E-state index in [1.807, 2.05) is 19.2 Å². The van der Waals surface area contributed by atoms with Gasteiger partial charge in [-0.05, 0) is 68.0 Å². The molecule has 4 rings (SSSR count). The molecular formula is C28H36N4O5. The number of aromatic nitrogens is 3. The number of carbonyl (C=O) groups is 1. The summed E-state index contributed by atoms with van der Waals surface area (Å²) in [5, 5.41) is 28.1. The topological polar surface area (TPSA) is 119 Å². The van der Waals surface area contributed by atoms with Crippen LogP contribution in [0.5, 0.6) is 11.6 Å². The van der Waals surface area contributed by atoms with Crippen molar-refractivity contribution in [2.45, 2.75) is 57.5 Å². The van der Waals surface area contributed by atoms with E-state index in [1.54, 1.807) is 37.8 Å². The summed E-state index contributed by atoms with van der Waals surface area (Å²) in [4.78, 5) is 16.5. The van der Waals surface area contributed by atoms with Gasteiger partial charge >= 0.3 is 5.97 Å². The second-order valence-corrected chi connectivity index (χ2v) is 10.1. The van der Waals surface area contributed by atoms with Gasteiger partial charge in [0.15, 0.2) is 0 Å². The monoisotopic (exact) mass is 508 g/mol. The van der Waals surface area contributed by atoms with E-state index < -0.39 is 17.5 Å². The Labute approximate surface area is 217 Å². The van der Waals surface area contributed by atoms with Gasteiger partial charge in [0, 0.05) is 37.7 Å². The number of nitrogens with zero attached hydrogens (tertiary/aromatic N) is 3. The van der Waals surface area contributed by atoms with E-state index in [0.29, 0.717) is 36.6 Å². The summed E-state index contributed by atoms with van der Waals surface area (Å²) in [6.07, 6.45) is 3.13. The van der Waals surface area contributed by atoms with Crippen LogP contribution in [0.2, 0.25) is 0 Å². The van der Waals surface area contributed by atoms with Gasteiger partial charge in [-0.3, -0.25) is 4.79 Å². The van der Waals surface area contributed by atoms with Crippen LogP contribution >= 0.6 is 0 Å². The molecular weight excluding hydrogens is 472 g/mol. The Morgan fingerprint density at radius 1 is 1.22 bits per heavy atom. The zero-order valence-electron chi connectivity index (χ0n) is 22.0. The molecule has 0 radical (unpaired) electrons. The smallest absolute Gasteiger partial charge is 0.303 e. The molecule has 0 fully saturated rings. The summed E-state index contributed by atoms with van der Waals surface area (Å²) in [6.45, 7) is 4.80. The zero-order chi connectivity index (χ0) is 26.6. The van der Waals surface area contributed by atoms with Gasteiger partial charge in [-0.1, -0.05) is 12.1 Å². The van der Waals surface area contributed by atoms with Gasteiger partial charge in [-0.2, -0.15) is 5.10 Å². The average Bonchev–Trinajstić information content (AvgIpc) is 3.21. The van der Waals surface area contributed by atoms with E-state index in [2.05, 4.69) is 22.5 Å². The quantitative estimate of drug-likeness (QED) is 0.358. The highest BCUT2D eigenvalue weighted by molar-refractivity contribution is 5.68. The fraction of sp³-hybridized carbons (Fsp3) is 0.464. The van der Waals surface area contributed by atoms with Crippen molar-refractivity contribution < 1.29 is 24.5 Å². The third-order valence-corrected chi connectivity index (χ3v) is 6.70. The lowest BCUT2D eigenvalue weighted by Gasteiger charge is -2.23. The number of carboxylic acid groups (broad SMARTS) is 1. The summed E-state index contributed by atoms with van der Waals surface area (Å²) in [7, 11) is 3.36. The first-order valence-electron chi connectivity index (χ1n) is 12.6. The van der Waals surface area contributed by atoms with Crippen molar-refractivity contribution >= 4 is 11.8 Å². The maximum Gasteiger partial charge on any atom is 0.303 e. The molecule has 0 saturated carbocycles. The van der Waals surface area contributed by atoms with Crippen LogP contribution in [0.15, 0.2) is 36.4 Å². The van der Waals surface area contributed by atoms with Gasteiger partial charge in [-0.15, -0.1) is 0 Å². The van der Waals surface area contributed by atoms with Gasteiger partial charge in [-0.25, -0.2) is 9.67 Å². The third kappa shape index (κ3) is 6.60. The summed E-state index contributed by atoms with van der Waals surface area (Å²) in [6, 6.07) is 11.4. The highest BCUT2D eigenvalue weighted by atomic mass is 16.5. The Hall–Kier alpha value is -3.59. The molecule has 3 heterocycles. The fourth-order valence-electron chi connectivity index (χ4n) is 4.70. The molecule has 198 valence electrons. The first kappa shape index (κ1) is 26.5. The Balaban J connectivity index is 1.47. The number of pyridine rings is 1. The van der Waals surface area contributed by atoms with E-state index in [0.717, 1.165) is 42.2 Å². The maximum absolute atomic E-state index is 11.7. The van der Waals surface area contributed by atoms with Gasteiger partial charge in [0.05, 0.1) is 31.4 Å². The second kappa shape index (κ2) is 11.2. The first-order chi connectivity index (χ1) is 17.6. The van der Waals surface area contributed by atoms with Crippen LogP contribution in [0.4, 0.5) is 5.82 Å². The van der Waals surface area contributed by atoms with E-state index in [1.165, 1.54) is 5.56 Å². The lowest BCUT2D eigenvalue weighted by molar-refractivity contribution is -0.137. The van der Waals surface area contributed by atoms with Gasteiger partial charge in [0.1, 0.15) is 11.6 Å². The van der Waals surface area contributed by atoms with Gasteiger partial charge in [0.25, 0.3) is 0 Å². The number of hydrogen-bond donors (Lipinski definition) is 3. The predicted octanol–water partition coefficient (Wildman–Crippen LogP) is 3.83. The third-order valence-electron chi connectivity index (χ3n) is 6.70. The van der Waals surface area contributed by atoms with E-state index >= 15 is 0 Å². The molecule has 1 atom stereocenters. The maximum atomic E-state index is 11.7. The molecule has 0 bridgehead atoms. The number of anilines is 1. The fourth-order valence-corrected chi connectivity index (χ4v) is 4.70. The normalized spacial score (nSPS) is 14.0. The molecule has 3 N–H and O–H groups in total. The molecule has 9 nitrogen and oxygen atoms in total. The molecule has 1 aliphatic rings. The van der Waals surface area contributed by atoms with Crippen LogP contribution in [-0.2, 0) is 36.7 Å². The lowest BCUT2D eigenvalue weighted by atomic mass is 9.86. The number of fused-ring (bicyclic) bond motifs is 1. The van der Waals surface area contributed by atoms with E-state index in [9.17, 15) is 15.0 Å². The average molecular weight is 509 g/mol. The number of carboxylic acids is 1. The first-order valence-corrected chi connectivity index (χ1v) is 12.6. The summed E-state index contributed by atoms with van der Waals surface area (Å²) in [5.74, 6) is 0.848. The Morgan fingerprint density at radius 3 is 2.76 bits per heavy atom. The molecule has 3 aromatic rings. The molecule has 0 saturated heterocycles. The molecule has 2 aromatic heterocycles.